The van der Waals surface area contributed by atoms with Gasteiger partial charge in [-0.3, -0.25) is 0 Å². The van der Waals surface area contributed by atoms with Gasteiger partial charge in [-0.05, 0) is 27.4 Å². The summed E-state index contributed by atoms with van der Waals surface area (Å²) in [6.07, 6.45) is -0.760. The van der Waals surface area contributed by atoms with Crippen LogP contribution in [0.3, 0.4) is 0 Å². The second-order valence-corrected chi connectivity index (χ2v) is 14.2. The molecular formula is C29H37NO4Si. The molecule has 0 bridgehead atoms. The van der Waals surface area contributed by atoms with Crippen LogP contribution in [0.1, 0.15) is 32.8 Å². The minimum Gasteiger partial charge on any atom is -0.445 e. The van der Waals surface area contributed by atoms with Crippen LogP contribution < -0.4 is 10.4 Å². The molecule has 3 aromatic rings. The van der Waals surface area contributed by atoms with E-state index in [-0.39, 0.29) is 18.2 Å². The third-order valence-electron chi connectivity index (χ3n) is 6.19. The highest BCUT2D eigenvalue weighted by Gasteiger charge is 2.50. The summed E-state index contributed by atoms with van der Waals surface area (Å²) in [6, 6.07) is 30.4. The van der Waals surface area contributed by atoms with Crippen LogP contribution >= 0.6 is 0 Å². The first-order valence-corrected chi connectivity index (χ1v) is 14.0. The summed E-state index contributed by atoms with van der Waals surface area (Å²) in [5.41, 5.74) is 0.925. The van der Waals surface area contributed by atoms with E-state index in [1.807, 2.05) is 42.5 Å². The largest absolute Gasteiger partial charge is 0.445 e. The Hall–Kier alpha value is -2.93. The van der Waals surface area contributed by atoms with Gasteiger partial charge in [0.2, 0.25) is 0 Å². The van der Waals surface area contributed by atoms with Crippen molar-refractivity contribution in [1.29, 1.82) is 0 Å². The summed E-state index contributed by atoms with van der Waals surface area (Å²) in [4.78, 5) is 13.8. The molecule has 0 radical (unpaired) electrons. The summed E-state index contributed by atoms with van der Waals surface area (Å²) in [7, 11) is -1.01. The van der Waals surface area contributed by atoms with Gasteiger partial charge in [-0.15, -0.1) is 0 Å². The highest BCUT2D eigenvalue weighted by molar-refractivity contribution is 6.99. The topological polar surface area (TPSA) is 59.0 Å². The van der Waals surface area contributed by atoms with Gasteiger partial charge in [0.05, 0.1) is 6.10 Å². The molecule has 186 valence electrons. The number of nitrogens with zero attached hydrogens (tertiary/aromatic N) is 1. The molecule has 35 heavy (non-hydrogen) atoms. The fourth-order valence-electron chi connectivity index (χ4n) is 4.42. The average molecular weight is 492 g/mol. The third kappa shape index (κ3) is 6.81. The maximum absolute atomic E-state index is 12.4. The molecule has 0 aliphatic rings. The normalized spacial score (nSPS) is 12.7. The molecule has 1 atom stereocenters. The number of carbonyl (C=O) groups excluding carboxylic acids is 1. The second kappa shape index (κ2) is 12.2. The number of hydrogen-bond acceptors (Lipinski definition) is 4. The van der Waals surface area contributed by atoms with Crippen LogP contribution in [0.25, 0.3) is 0 Å². The van der Waals surface area contributed by atoms with Crippen LogP contribution in [0.15, 0.2) is 91.0 Å². The number of rotatable bonds is 10. The number of aliphatic hydroxyl groups is 1. The molecular weight excluding hydrogens is 454 g/mol. The standard InChI is InChI=1S/C29H37NO4Si/c1-29(2,3)35(26-16-10-6-11-17-26,27-18-12-7-13-19-27)34-21-20-25(31)22-30(4)28(32)33-23-24-14-8-5-9-15-24/h5-19,25,31H,20-23H2,1-4H3. The molecule has 5 nitrogen and oxygen atoms in total. The molecule has 6 heteroatoms. The smallest absolute Gasteiger partial charge is 0.409 e. The molecule has 0 fully saturated rings. The van der Waals surface area contributed by atoms with Gasteiger partial charge in [0.25, 0.3) is 8.32 Å². The number of ether oxygens (including phenoxy) is 1. The minimum absolute atomic E-state index is 0.126. The van der Waals surface area contributed by atoms with Crippen molar-refractivity contribution in [2.24, 2.45) is 0 Å². The van der Waals surface area contributed by atoms with Gasteiger partial charge < -0.3 is 19.2 Å². The van der Waals surface area contributed by atoms with Gasteiger partial charge in [0.1, 0.15) is 6.61 Å². The van der Waals surface area contributed by atoms with Crippen LogP contribution in [0.5, 0.6) is 0 Å². The lowest BCUT2D eigenvalue weighted by molar-refractivity contribution is 0.0700. The molecule has 3 rings (SSSR count). The maximum Gasteiger partial charge on any atom is 0.409 e. The Kier molecular flexibility index (Phi) is 9.26. The van der Waals surface area contributed by atoms with Crippen molar-refractivity contribution in [3.05, 3.63) is 96.6 Å². The summed E-state index contributed by atoms with van der Waals surface area (Å²) in [6.45, 7) is 7.46. The maximum atomic E-state index is 12.4. The first-order valence-electron chi connectivity index (χ1n) is 12.1. The van der Waals surface area contributed by atoms with E-state index in [1.54, 1.807) is 7.05 Å². The van der Waals surface area contributed by atoms with Crippen molar-refractivity contribution in [3.8, 4) is 0 Å². The van der Waals surface area contributed by atoms with Crippen molar-refractivity contribution >= 4 is 24.8 Å². The quantitative estimate of drug-likeness (QED) is 0.422. The summed E-state index contributed by atoms with van der Waals surface area (Å²) >= 11 is 0. The van der Waals surface area contributed by atoms with Gasteiger partial charge in [-0.1, -0.05) is 112 Å². The van der Waals surface area contributed by atoms with E-state index in [0.29, 0.717) is 13.0 Å². The summed E-state index contributed by atoms with van der Waals surface area (Å²) < 4.78 is 12.2. The van der Waals surface area contributed by atoms with E-state index in [1.165, 1.54) is 15.3 Å². The lowest BCUT2D eigenvalue weighted by Crippen LogP contribution is -2.66. The van der Waals surface area contributed by atoms with Gasteiger partial charge in [-0.25, -0.2) is 4.79 Å². The molecule has 0 aromatic heterocycles. The predicted molar refractivity (Wildman–Crippen MR) is 143 cm³/mol. The summed E-state index contributed by atoms with van der Waals surface area (Å²) in [5.74, 6) is 0. The van der Waals surface area contributed by atoms with E-state index in [0.717, 1.165) is 5.56 Å². The Morgan fingerprint density at radius 3 is 1.86 bits per heavy atom. The molecule has 1 N–H and O–H groups in total. The molecule has 1 unspecified atom stereocenters. The van der Waals surface area contributed by atoms with Gasteiger partial charge >= 0.3 is 6.09 Å². The Morgan fingerprint density at radius 1 is 0.886 bits per heavy atom. The monoisotopic (exact) mass is 491 g/mol. The van der Waals surface area contributed by atoms with Crippen LogP contribution in [0, 0.1) is 0 Å². The highest BCUT2D eigenvalue weighted by atomic mass is 28.4. The zero-order chi connectivity index (χ0) is 25.3. The molecule has 0 spiro atoms. The number of amides is 1. The fourth-order valence-corrected chi connectivity index (χ4v) is 9.00. The zero-order valence-electron chi connectivity index (χ0n) is 21.2. The van der Waals surface area contributed by atoms with Gasteiger partial charge in [0, 0.05) is 20.2 Å². The van der Waals surface area contributed by atoms with Crippen LogP contribution in [0.2, 0.25) is 5.04 Å². The lowest BCUT2D eigenvalue weighted by atomic mass is 10.2. The zero-order valence-corrected chi connectivity index (χ0v) is 22.2. The Bertz CT molecular complexity index is 999. The molecule has 3 aromatic carbocycles. The number of likely N-dealkylation sites (N-methyl/N-ethyl adjacent to an activating group) is 1. The first-order chi connectivity index (χ1) is 16.7. The van der Waals surface area contributed by atoms with Crippen molar-refractivity contribution < 1.29 is 19.1 Å². The average Bonchev–Trinajstić information content (AvgIpc) is 2.86. The predicted octanol–water partition coefficient (Wildman–Crippen LogP) is 4.58. The lowest BCUT2D eigenvalue weighted by Gasteiger charge is -2.43. The molecule has 0 aliphatic carbocycles. The molecule has 0 saturated heterocycles. The number of aliphatic hydroxyl groups excluding tert-OH is 1. The Labute approximate surface area is 210 Å². The van der Waals surface area contributed by atoms with E-state index < -0.39 is 20.5 Å². The fraction of sp³-hybridized carbons (Fsp3) is 0.345. The number of benzene rings is 3. The van der Waals surface area contributed by atoms with E-state index in [9.17, 15) is 9.90 Å². The van der Waals surface area contributed by atoms with Crippen LogP contribution in [-0.4, -0.2) is 50.7 Å². The van der Waals surface area contributed by atoms with Crippen molar-refractivity contribution in [2.45, 2.75) is 44.9 Å². The van der Waals surface area contributed by atoms with Crippen LogP contribution in [0.4, 0.5) is 4.79 Å². The van der Waals surface area contributed by atoms with Crippen molar-refractivity contribution in [2.75, 3.05) is 20.2 Å². The SMILES string of the molecule is CN(CC(O)CCO[Si](c1ccccc1)(c1ccccc1)C(C)(C)C)C(=O)OCc1ccccc1. The number of hydrogen-bond donors (Lipinski definition) is 1. The van der Waals surface area contributed by atoms with Gasteiger partial charge in [-0.2, -0.15) is 0 Å². The minimum atomic E-state index is -2.64. The summed E-state index contributed by atoms with van der Waals surface area (Å²) in [5, 5.41) is 13.0. The van der Waals surface area contributed by atoms with Crippen LogP contribution in [-0.2, 0) is 15.8 Å². The Morgan fingerprint density at radius 2 is 1.37 bits per heavy atom. The van der Waals surface area contributed by atoms with Crippen molar-refractivity contribution in [3.63, 3.8) is 0 Å². The van der Waals surface area contributed by atoms with E-state index >= 15 is 0 Å². The van der Waals surface area contributed by atoms with Crippen molar-refractivity contribution in [1.82, 2.24) is 4.90 Å². The van der Waals surface area contributed by atoms with E-state index in [2.05, 4.69) is 69.3 Å². The highest BCUT2D eigenvalue weighted by Crippen LogP contribution is 2.36. The van der Waals surface area contributed by atoms with Gasteiger partial charge in [0.15, 0.2) is 0 Å². The number of carbonyl (C=O) groups is 1. The molecule has 0 heterocycles. The second-order valence-electron chi connectivity index (χ2n) is 9.87. The first kappa shape index (κ1) is 26.7. The third-order valence-corrected chi connectivity index (χ3v) is 11.2. The molecule has 0 aliphatic heterocycles. The molecule has 1 amide bonds. The molecule has 0 saturated carbocycles. The Balaban J connectivity index is 1.64. The van der Waals surface area contributed by atoms with E-state index in [4.69, 9.17) is 9.16 Å².